The van der Waals surface area contributed by atoms with Gasteiger partial charge in [-0.2, -0.15) is 0 Å². The number of hydrogen-bond acceptors (Lipinski definition) is 3. The van der Waals surface area contributed by atoms with E-state index in [1.54, 1.807) is 6.20 Å². The summed E-state index contributed by atoms with van der Waals surface area (Å²) in [5, 5.41) is 6.32. The van der Waals surface area contributed by atoms with Crippen molar-refractivity contribution in [2.75, 3.05) is 0 Å². The van der Waals surface area contributed by atoms with E-state index in [0.29, 0.717) is 6.54 Å². The van der Waals surface area contributed by atoms with E-state index in [1.807, 2.05) is 6.92 Å². The van der Waals surface area contributed by atoms with Gasteiger partial charge >= 0.3 is 0 Å². The van der Waals surface area contributed by atoms with Crippen LogP contribution in [0, 0.1) is 0 Å². The fourth-order valence-electron chi connectivity index (χ4n) is 1.22. The van der Waals surface area contributed by atoms with Crippen LogP contribution in [0.25, 0.3) is 0 Å². The minimum absolute atomic E-state index is 0.0423. The van der Waals surface area contributed by atoms with Crippen molar-refractivity contribution in [3.8, 4) is 0 Å². The van der Waals surface area contributed by atoms with Gasteiger partial charge in [0.2, 0.25) is 5.91 Å². The van der Waals surface area contributed by atoms with E-state index in [9.17, 15) is 4.79 Å². The van der Waals surface area contributed by atoms with Gasteiger partial charge < -0.3 is 9.84 Å². The fraction of sp³-hybridized carbons (Fsp3) is 0.429. The molecule has 1 atom stereocenters. The SMILES string of the molecule is CC1C(=O)NCc2oncc21. The maximum absolute atomic E-state index is 11.1. The third-order valence-electron chi connectivity index (χ3n) is 1.96. The highest BCUT2D eigenvalue weighted by Gasteiger charge is 2.26. The molecule has 11 heavy (non-hydrogen) atoms. The summed E-state index contributed by atoms with van der Waals surface area (Å²) in [5.74, 6) is 0.697. The number of amides is 1. The summed E-state index contributed by atoms with van der Waals surface area (Å²) in [6.45, 7) is 2.31. The Kier molecular flexibility index (Phi) is 1.21. The molecule has 0 saturated carbocycles. The molecule has 1 aromatic rings. The highest BCUT2D eigenvalue weighted by molar-refractivity contribution is 5.84. The van der Waals surface area contributed by atoms with Crippen LogP contribution in [-0.4, -0.2) is 11.1 Å². The van der Waals surface area contributed by atoms with Crippen LogP contribution in [0.1, 0.15) is 24.2 Å². The molecule has 4 nitrogen and oxygen atoms in total. The molecule has 1 N–H and O–H groups in total. The van der Waals surface area contributed by atoms with Gasteiger partial charge in [0, 0.05) is 5.56 Å². The van der Waals surface area contributed by atoms with Crippen molar-refractivity contribution in [3.63, 3.8) is 0 Å². The van der Waals surface area contributed by atoms with Gasteiger partial charge in [-0.1, -0.05) is 5.16 Å². The van der Waals surface area contributed by atoms with Gasteiger partial charge in [0.25, 0.3) is 0 Å². The van der Waals surface area contributed by atoms with E-state index < -0.39 is 0 Å². The monoisotopic (exact) mass is 152 g/mol. The molecule has 1 amide bonds. The van der Waals surface area contributed by atoms with Crippen molar-refractivity contribution >= 4 is 5.91 Å². The summed E-state index contributed by atoms with van der Waals surface area (Å²) in [6.07, 6.45) is 1.61. The van der Waals surface area contributed by atoms with E-state index in [-0.39, 0.29) is 11.8 Å². The van der Waals surface area contributed by atoms with Crippen LogP contribution in [0.15, 0.2) is 10.7 Å². The molecule has 2 heterocycles. The summed E-state index contributed by atoms with van der Waals surface area (Å²) < 4.78 is 4.91. The first kappa shape index (κ1) is 6.39. The number of nitrogens with one attached hydrogen (secondary N) is 1. The van der Waals surface area contributed by atoms with E-state index in [0.717, 1.165) is 11.3 Å². The van der Waals surface area contributed by atoms with Crippen LogP contribution in [0.4, 0.5) is 0 Å². The maximum Gasteiger partial charge on any atom is 0.227 e. The summed E-state index contributed by atoms with van der Waals surface area (Å²) in [7, 11) is 0. The van der Waals surface area contributed by atoms with Crippen molar-refractivity contribution in [2.45, 2.75) is 19.4 Å². The van der Waals surface area contributed by atoms with Crippen molar-refractivity contribution < 1.29 is 9.32 Å². The summed E-state index contributed by atoms with van der Waals surface area (Å²) in [4.78, 5) is 11.1. The third kappa shape index (κ3) is 0.824. The standard InChI is InChI=1S/C7H8N2O2/c1-4-5-2-9-11-6(5)3-8-7(4)10/h2,4H,3H2,1H3,(H,8,10). The zero-order chi connectivity index (χ0) is 7.84. The average molecular weight is 152 g/mol. The number of carbonyl (C=O) groups is 1. The lowest BCUT2D eigenvalue weighted by molar-refractivity contribution is -0.123. The van der Waals surface area contributed by atoms with Gasteiger partial charge in [0.1, 0.15) is 0 Å². The number of hydrogen-bond donors (Lipinski definition) is 1. The van der Waals surface area contributed by atoms with Crippen LogP contribution < -0.4 is 5.32 Å². The largest absolute Gasteiger partial charge is 0.359 e. The van der Waals surface area contributed by atoms with E-state index in [2.05, 4.69) is 10.5 Å². The van der Waals surface area contributed by atoms with E-state index >= 15 is 0 Å². The Balaban J connectivity index is 2.45. The molecule has 0 saturated heterocycles. The number of fused-ring (bicyclic) bond motifs is 1. The molecule has 0 bridgehead atoms. The Labute approximate surface area is 63.6 Å². The molecule has 2 rings (SSSR count). The predicted octanol–water partition coefficient (Wildman–Crippen LogP) is 0.408. The van der Waals surface area contributed by atoms with Gasteiger partial charge in [0.05, 0.1) is 18.7 Å². The summed E-state index contributed by atoms with van der Waals surface area (Å²) in [6, 6.07) is 0. The average Bonchev–Trinajstić information content (AvgIpc) is 2.45. The first-order valence-electron chi connectivity index (χ1n) is 3.50. The first-order chi connectivity index (χ1) is 5.29. The lowest BCUT2D eigenvalue weighted by Crippen LogP contribution is -2.32. The fourth-order valence-corrected chi connectivity index (χ4v) is 1.22. The smallest absolute Gasteiger partial charge is 0.227 e. The van der Waals surface area contributed by atoms with Crippen LogP contribution in [0.5, 0.6) is 0 Å². The molecular weight excluding hydrogens is 144 g/mol. The molecule has 1 aliphatic heterocycles. The minimum atomic E-state index is -0.120. The van der Waals surface area contributed by atoms with E-state index in [1.165, 1.54) is 0 Å². The number of aromatic nitrogens is 1. The Morgan fingerprint density at radius 2 is 2.64 bits per heavy atom. The van der Waals surface area contributed by atoms with Crippen LogP contribution >= 0.6 is 0 Å². The lowest BCUT2D eigenvalue weighted by Gasteiger charge is -2.15. The zero-order valence-electron chi connectivity index (χ0n) is 6.13. The van der Waals surface area contributed by atoms with Gasteiger partial charge in [-0.25, -0.2) is 0 Å². The Morgan fingerprint density at radius 3 is 3.45 bits per heavy atom. The topological polar surface area (TPSA) is 55.1 Å². The van der Waals surface area contributed by atoms with Crippen molar-refractivity contribution in [1.82, 2.24) is 10.5 Å². The zero-order valence-corrected chi connectivity index (χ0v) is 6.13. The Hall–Kier alpha value is -1.32. The molecule has 0 spiro atoms. The second-order valence-corrected chi connectivity index (χ2v) is 2.64. The van der Waals surface area contributed by atoms with Crippen LogP contribution in [0.2, 0.25) is 0 Å². The number of carbonyl (C=O) groups excluding carboxylic acids is 1. The summed E-state index contributed by atoms with van der Waals surface area (Å²) in [5.41, 5.74) is 0.911. The normalized spacial score (nSPS) is 22.6. The van der Waals surface area contributed by atoms with Gasteiger partial charge in [0.15, 0.2) is 5.76 Å². The van der Waals surface area contributed by atoms with Gasteiger partial charge in [-0.05, 0) is 6.92 Å². The van der Waals surface area contributed by atoms with Crippen molar-refractivity contribution in [2.24, 2.45) is 0 Å². The molecule has 1 unspecified atom stereocenters. The Bertz CT molecular complexity index is 292. The highest BCUT2D eigenvalue weighted by Crippen LogP contribution is 2.23. The van der Waals surface area contributed by atoms with E-state index in [4.69, 9.17) is 4.52 Å². The molecule has 1 aliphatic rings. The molecular formula is C7H8N2O2. The van der Waals surface area contributed by atoms with Crippen LogP contribution in [-0.2, 0) is 11.3 Å². The molecule has 1 aromatic heterocycles. The second-order valence-electron chi connectivity index (χ2n) is 2.64. The number of nitrogens with zero attached hydrogens (tertiary/aromatic N) is 1. The molecule has 58 valence electrons. The van der Waals surface area contributed by atoms with Crippen molar-refractivity contribution in [3.05, 3.63) is 17.5 Å². The molecule has 0 aliphatic carbocycles. The van der Waals surface area contributed by atoms with Gasteiger partial charge in [-0.15, -0.1) is 0 Å². The lowest BCUT2D eigenvalue weighted by atomic mass is 9.98. The number of rotatable bonds is 0. The molecule has 4 heteroatoms. The highest BCUT2D eigenvalue weighted by atomic mass is 16.5. The van der Waals surface area contributed by atoms with Crippen molar-refractivity contribution in [1.29, 1.82) is 0 Å². The predicted molar refractivity (Wildman–Crippen MR) is 36.8 cm³/mol. The maximum atomic E-state index is 11.1. The quantitative estimate of drug-likeness (QED) is 0.585. The van der Waals surface area contributed by atoms with Crippen LogP contribution in [0.3, 0.4) is 0 Å². The molecule has 0 radical (unpaired) electrons. The third-order valence-corrected chi connectivity index (χ3v) is 1.96. The Morgan fingerprint density at radius 1 is 1.82 bits per heavy atom. The molecule has 0 aromatic carbocycles. The molecule has 0 fully saturated rings. The summed E-state index contributed by atoms with van der Waals surface area (Å²) >= 11 is 0. The minimum Gasteiger partial charge on any atom is -0.359 e. The second kappa shape index (κ2) is 2.08. The first-order valence-corrected chi connectivity index (χ1v) is 3.50. The van der Waals surface area contributed by atoms with Gasteiger partial charge in [-0.3, -0.25) is 4.79 Å².